The molecular weight excluding hydrogens is 592 g/mol. The maximum absolute atomic E-state index is 13.5. The van der Waals surface area contributed by atoms with E-state index >= 15 is 0 Å². The van der Waals surface area contributed by atoms with Crippen molar-refractivity contribution in [3.63, 3.8) is 0 Å². The van der Waals surface area contributed by atoms with Gasteiger partial charge in [-0.05, 0) is 36.4 Å². The number of para-hydroxylation sites is 1. The van der Waals surface area contributed by atoms with Crippen LogP contribution in [0.25, 0.3) is 0 Å². The van der Waals surface area contributed by atoms with Crippen LogP contribution in [-0.2, 0) is 20.2 Å². The quantitative estimate of drug-likeness (QED) is 0.107. The van der Waals surface area contributed by atoms with Crippen molar-refractivity contribution in [2.75, 3.05) is 16.4 Å². The van der Waals surface area contributed by atoms with Crippen molar-refractivity contribution in [3.05, 3.63) is 101 Å². The summed E-state index contributed by atoms with van der Waals surface area (Å²) in [4.78, 5) is 25.4. The molecule has 0 saturated carbocycles. The molecule has 202 valence electrons. The monoisotopic (exact) mass is 613 g/mol. The van der Waals surface area contributed by atoms with E-state index in [0.717, 1.165) is 12.1 Å². The van der Waals surface area contributed by atoms with Gasteiger partial charge in [0, 0.05) is 22.5 Å². The van der Waals surface area contributed by atoms with Crippen molar-refractivity contribution in [1.29, 1.82) is 0 Å². The van der Waals surface area contributed by atoms with Gasteiger partial charge in [0.2, 0.25) is 0 Å². The third kappa shape index (κ3) is 6.44. The number of hydrogen-bond acceptors (Lipinski definition) is 9. The average Bonchev–Trinajstić information content (AvgIpc) is 2.88. The Morgan fingerprint density at radius 3 is 1.66 bits per heavy atom. The predicted molar refractivity (Wildman–Crippen MR) is 158 cm³/mol. The molecule has 0 atom stereocenters. The number of rotatable bonds is 6. The van der Waals surface area contributed by atoms with Crippen LogP contribution in [-0.4, -0.2) is 96.6 Å². The molecule has 0 heterocycles. The van der Waals surface area contributed by atoms with Crippen LogP contribution < -0.4 is 16.4 Å². The van der Waals surface area contributed by atoms with E-state index in [1.807, 2.05) is 0 Å². The van der Waals surface area contributed by atoms with Gasteiger partial charge in [-0.2, -0.15) is 16.8 Å². The minimum atomic E-state index is -4.95. The fourth-order valence-electron chi connectivity index (χ4n) is 4.35. The topological polar surface area (TPSA) is 193 Å². The molecule has 15 heteroatoms. The SMILES string of the molecule is Nc1c(S(=O)(=O)O)cc(Nc2ccc(Nc3ccccc3)c(S(=O)(=O)O)c2)c2c1C(=O)c1ccccc1C2=O.[NaH].[NaH]. The fourth-order valence-corrected chi connectivity index (χ4v) is 5.67. The number of benzene rings is 4. The Morgan fingerprint density at radius 2 is 1.10 bits per heavy atom. The summed E-state index contributed by atoms with van der Waals surface area (Å²) < 4.78 is 68.3. The van der Waals surface area contributed by atoms with Crippen LogP contribution in [0.4, 0.5) is 28.4 Å². The molecule has 0 fully saturated rings. The van der Waals surface area contributed by atoms with E-state index in [0.29, 0.717) is 5.69 Å². The van der Waals surface area contributed by atoms with Gasteiger partial charge in [0.1, 0.15) is 9.79 Å². The number of ketones is 2. The first kappa shape index (κ1) is 32.9. The number of nitrogens with one attached hydrogen (secondary N) is 2. The number of carbonyl (C=O) groups is 2. The van der Waals surface area contributed by atoms with Gasteiger partial charge in [0.15, 0.2) is 11.6 Å². The molecule has 0 saturated heterocycles. The van der Waals surface area contributed by atoms with E-state index in [9.17, 15) is 35.5 Å². The predicted octanol–water partition coefficient (Wildman–Crippen LogP) is 2.73. The summed E-state index contributed by atoms with van der Waals surface area (Å²) in [6, 6.07) is 19.1. The molecule has 6 N–H and O–H groups in total. The van der Waals surface area contributed by atoms with E-state index in [1.54, 1.807) is 36.4 Å². The second kappa shape index (κ2) is 12.4. The van der Waals surface area contributed by atoms with Gasteiger partial charge in [0.25, 0.3) is 20.2 Å². The first-order valence-corrected chi connectivity index (χ1v) is 14.1. The van der Waals surface area contributed by atoms with E-state index in [1.165, 1.54) is 30.3 Å². The molecule has 4 aromatic rings. The van der Waals surface area contributed by atoms with Crippen molar-refractivity contribution < 1.29 is 35.5 Å². The molecule has 4 aromatic carbocycles. The van der Waals surface area contributed by atoms with Crippen molar-refractivity contribution in [2.45, 2.75) is 9.79 Å². The van der Waals surface area contributed by atoms with Crippen molar-refractivity contribution >= 4 is 119 Å². The number of nitrogens with two attached hydrogens (primary N) is 1. The first-order chi connectivity index (χ1) is 18.4. The van der Waals surface area contributed by atoms with Crippen LogP contribution in [0.3, 0.4) is 0 Å². The van der Waals surface area contributed by atoms with Gasteiger partial charge in [-0.25, -0.2) is 0 Å². The Labute approximate surface area is 279 Å². The van der Waals surface area contributed by atoms with Crippen molar-refractivity contribution in [1.82, 2.24) is 0 Å². The third-order valence-electron chi connectivity index (χ3n) is 6.07. The fraction of sp³-hybridized carbons (Fsp3) is 0. The van der Waals surface area contributed by atoms with Crippen LogP contribution in [0.15, 0.2) is 88.7 Å². The van der Waals surface area contributed by atoms with E-state index in [2.05, 4.69) is 10.6 Å². The van der Waals surface area contributed by atoms with Crippen molar-refractivity contribution in [3.8, 4) is 0 Å². The molecular formula is C26H21N3Na2O8S2. The van der Waals surface area contributed by atoms with Crippen LogP contribution in [0, 0.1) is 0 Å². The second-order valence-electron chi connectivity index (χ2n) is 8.57. The van der Waals surface area contributed by atoms with Crippen molar-refractivity contribution in [2.24, 2.45) is 0 Å². The summed E-state index contributed by atoms with van der Waals surface area (Å²) in [5.41, 5.74) is 5.10. The number of anilines is 5. The average molecular weight is 614 g/mol. The Hall–Kier alpha value is -2.56. The Kier molecular flexibility index (Phi) is 9.93. The number of hydrogen-bond donors (Lipinski definition) is 5. The van der Waals surface area contributed by atoms with E-state index in [4.69, 9.17) is 5.73 Å². The third-order valence-corrected chi connectivity index (χ3v) is 7.86. The van der Waals surface area contributed by atoms with Gasteiger partial charge in [0.05, 0.1) is 28.2 Å². The molecule has 0 spiro atoms. The molecule has 1 aliphatic carbocycles. The summed E-state index contributed by atoms with van der Waals surface area (Å²) in [5, 5.41) is 5.64. The molecule has 1 aliphatic rings. The molecule has 0 aromatic heterocycles. The summed E-state index contributed by atoms with van der Waals surface area (Å²) in [7, 11) is -9.71. The van der Waals surface area contributed by atoms with Crippen LogP contribution >= 0.6 is 0 Å². The second-order valence-corrected chi connectivity index (χ2v) is 11.3. The molecule has 0 radical (unpaired) electrons. The Balaban J connectivity index is 0.00000231. The molecule has 5 rings (SSSR count). The standard InChI is InChI=1S/C26H19N3O8S2.2Na.2H/c27-24-21(39(35,36)37)13-19(22-23(24)26(31)17-9-5-4-8-16(17)25(22)30)29-15-10-11-18(20(12-15)38(32,33)34)28-14-6-2-1-3-7-14;;;;/h1-13,28-29H,27H2,(H,32,33,34)(H,35,36,37);;;;. The van der Waals surface area contributed by atoms with Gasteiger partial charge >= 0.3 is 59.1 Å². The summed E-state index contributed by atoms with van der Waals surface area (Å²) in [6.07, 6.45) is 0. The number of fused-ring (bicyclic) bond motifs is 2. The molecule has 41 heavy (non-hydrogen) atoms. The summed E-state index contributed by atoms with van der Waals surface area (Å²) in [6.45, 7) is 0. The zero-order chi connectivity index (χ0) is 28.1. The van der Waals surface area contributed by atoms with Gasteiger partial charge in [-0.15, -0.1) is 0 Å². The number of nitrogen functional groups attached to an aromatic ring is 1. The van der Waals surface area contributed by atoms with Crippen LogP contribution in [0.5, 0.6) is 0 Å². The minimum absolute atomic E-state index is 0. The Bertz CT molecular complexity index is 1920. The van der Waals surface area contributed by atoms with Gasteiger partial charge < -0.3 is 16.4 Å². The van der Waals surface area contributed by atoms with Gasteiger partial charge in [-0.1, -0.05) is 42.5 Å². The molecule has 0 unspecified atom stereocenters. The summed E-state index contributed by atoms with van der Waals surface area (Å²) >= 11 is 0. The maximum atomic E-state index is 13.5. The van der Waals surface area contributed by atoms with E-state index < -0.39 is 52.8 Å². The molecule has 0 aliphatic heterocycles. The molecule has 0 amide bonds. The Morgan fingerprint density at radius 1 is 0.585 bits per heavy atom. The first-order valence-electron chi connectivity index (χ1n) is 11.2. The molecule has 11 nitrogen and oxygen atoms in total. The van der Waals surface area contributed by atoms with Crippen LogP contribution in [0.2, 0.25) is 0 Å². The van der Waals surface area contributed by atoms with Crippen LogP contribution in [0.1, 0.15) is 31.8 Å². The zero-order valence-corrected chi connectivity index (χ0v) is 21.4. The normalized spacial score (nSPS) is 12.3. The summed E-state index contributed by atoms with van der Waals surface area (Å²) in [5.74, 6) is -1.37. The molecule has 0 bridgehead atoms. The zero-order valence-electron chi connectivity index (χ0n) is 19.7. The number of carbonyl (C=O) groups excluding carboxylic acids is 2. The van der Waals surface area contributed by atoms with E-state index in [-0.39, 0.29) is 92.9 Å². The van der Waals surface area contributed by atoms with Gasteiger partial charge in [-0.3, -0.25) is 18.7 Å².